The van der Waals surface area contributed by atoms with Gasteiger partial charge in [-0.1, -0.05) is 25.2 Å². The lowest BCUT2D eigenvalue weighted by atomic mass is 10.4. The van der Waals surface area contributed by atoms with Gasteiger partial charge >= 0.3 is 5.97 Å². The molecule has 0 saturated carbocycles. The zero-order valence-corrected chi connectivity index (χ0v) is 7.04. The summed E-state index contributed by atoms with van der Waals surface area (Å²) in [5.41, 5.74) is 0. The fraction of sp³-hybridized carbons (Fsp3) is 0.444. The van der Waals surface area contributed by atoms with Crippen molar-refractivity contribution in [2.75, 3.05) is 6.61 Å². The number of ether oxygens (including phenoxy) is 1. The Bertz CT molecular complexity index is 157. The predicted molar refractivity (Wildman–Crippen MR) is 45.2 cm³/mol. The Kier molecular flexibility index (Phi) is 6.39. The van der Waals surface area contributed by atoms with Crippen LogP contribution in [0, 0.1) is 0 Å². The maximum atomic E-state index is 10.7. The molecule has 0 aliphatic rings. The quantitative estimate of drug-likeness (QED) is 0.352. The minimum absolute atomic E-state index is 0.284. The van der Waals surface area contributed by atoms with Gasteiger partial charge in [-0.15, -0.1) is 0 Å². The second-order valence-corrected chi connectivity index (χ2v) is 1.95. The maximum Gasteiger partial charge on any atom is 0.330 e. The van der Waals surface area contributed by atoms with Crippen LogP contribution in [0.4, 0.5) is 0 Å². The molecule has 0 saturated heterocycles. The van der Waals surface area contributed by atoms with Crippen LogP contribution in [0.1, 0.15) is 20.3 Å². The van der Waals surface area contributed by atoms with Gasteiger partial charge in [0, 0.05) is 6.08 Å². The van der Waals surface area contributed by atoms with Gasteiger partial charge in [0.1, 0.15) is 0 Å². The first kappa shape index (κ1) is 9.95. The molecule has 0 fully saturated rings. The number of esters is 1. The third-order valence-corrected chi connectivity index (χ3v) is 1.00. The highest BCUT2D eigenvalue weighted by Gasteiger charge is 1.89. The van der Waals surface area contributed by atoms with Gasteiger partial charge in [0.15, 0.2) is 0 Å². The van der Waals surface area contributed by atoms with Crippen LogP contribution in [0.3, 0.4) is 0 Å². The van der Waals surface area contributed by atoms with E-state index in [1.54, 1.807) is 13.0 Å². The molecular weight excluding hydrogens is 140 g/mol. The van der Waals surface area contributed by atoms with Crippen LogP contribution in [0.2, 0.25) is 0 Å². The van der Waals surface area contributed by atoms with Crippen LogP contribution < -0.4 is 0 Å². The van der Waals surface area contributed by atoms with E-state index in [0.717, 1.165) is 6.42 Å². The second kappa shape index (κ2) is 7.06. The first-order chi connectivity index (χ1) is 5.31. The fourth-order valence-electron chi connectivity index (χ4n) is 0.539. The molecule has 0 radical (unpaired) electrons. The standard InChI is InChI=1S/C9H14O2/c1-3-5-6-7-8-9(10)11-4-2/h5-8H,3-4H2,1-2H3. The van der Waals surface area contributed by atoms with Gasteiger partial charge in [0.25, 0.3) is 0 Å². The van der Waals surface area contributed by atoms with Crippen molar-refractivity contribution in [3.05, 3.63) is 24.3 Å². The predicted octanol–water partition coefficient (Wildman–Crippen LogP) is 2.07. The van der Waals surface area contributed by atoms with E-state index in [2.05, 4.69) is 4.74 Å². The zero-order valence-electron chi connectivity index (χ0n) is 7.04. The van der Waals surface area contributed by atoms with Crippen molar-refractivity contribution in [1.82, 2.24) is 0 Å². The summed E-state index contributed by atoms with van der Waals surface area (Å²) in [6.45, 7) is 4.25. The van der Waals surface area contributed by atoms with E-state index in [9.17, 15) is 4.79 Å². The van der Waals surface area contributed by atoms with Gasteiger partial charge < -0.3 is 4.74 Å². The number of allylic oxidation sites excluding steroid dienone is 3. The summed E-state index contributed by atoms with van der Waals surface area (Å²) in [7, 11) is 0. The number of hydrogen-bond acceptors (Lipinski definition) is 2. The average molecular weight is 154 g/mol. The molecule has 0 aromatic heterocycles. The average Bonchev–Trinajstić information content (AvgIpc) is 1.99. The van der Waals surface area contributed by atoms with Crippen molar-refractivity contribution >= 4 is 5.97 Å². The van der Waals surface area contributed by atoms with Gasteiger partial charge in [-0.05, 0) is 13.3 Å². The zero-order chi connectivity index (χ0) is 8.53. The number of rotatable bonds is 4. The fourth-order valence-corrected chi connectivity index (χ4v) is 0.539. The summed E-state index contributed by atoms with van der Waals surface area (Å²) in [6, 6.07) is 0. The van der Waals surface area contributed by atoms with E-state index in [1.165, 1.54) is 6.08 Å². The van der Waals surface area contributed by atoms with Crippen LogP contribution in [-0.2, 0) is 9.53 Å². The van der Waals surface area contributed by atoms with Crippen molar-refractivity contribution in [1.29, 1.82) is 0 Å². The molecule has 0 aromatic carbocycles. The summed E-state index contributed by atoms with van der Waals surface area (Å²) in [6.07, 6.45) is 7.87. The number of carbonyl (C=O) groups excluding carboxylic acids is 1. The molecule has 2 nitrogen and oxygen atoms in total. The molecule has 0 spiro atoms. The normalized spacial score (nSPS) is 11.1. The van der Waals surface area contributed by atoms with Gasteiger partial charge in [0.2, 0.25) is 0 Å². The Balaban J connectivity index is 3.56. The SMILES string of the molecule is CCC=CC=CC(=O)OCC. The molecule has 62 valence electrons. The molecule has 0 amide bonds. The van der Waals surface area contributed by atoms with Gasteiger partial charge in [0.05, 0.1) is 6.61 Å². The molecule has 2 heteroatoms. The summed E-state index contributed by atoms with van der Waals surface area (Å²) in [4.78, 5) is 10.7. The molecular formula is C9H14O2. The summed E-state index contributed by atoms with van der Waals surface area (Å²) in [5.74, 6) is -0.284. The van der Waals surface area contributed by atoms with Crippen LogP contribution in [0.5, 0.6) is 0 Å². The Morgan fingerprint density at radius 1 is 1.36 bits per heavy atom. The largest absolute Gasteiger partial charge is 0.463 e. The van der Waals surface area contributed by atoms with E-state index in [-0.39, 0.29) is 5.97 Å². The minimum Gasteiger partial charge on any atom is -0.463 e. The molecule has 0 aliphatic carbocycles. The molecule has 0 atom stereocenters. The van der Waals surface area contributed by atoms with E-state index in [4.69, 9.17) is 0 Å². The molecule has 0 unspecified atom stereocenters. The van der Waals surface area contributed by atoms with Crippen LogP contribution >= 0.6 is 0 Å². The second-order valence-electron chi connectivity index (χ2n) is 1.95. The summed E-state index contributed by atoms with van der Waals surface area (Å²) < 4.78 is 4.66. The van der Waals surface area contributed by atoms with Gasteiger partial charge in [-0.3, -0.25) is 0 Å². The van der Waals surface area contributed by atoms with Crippen LogP contribution in [0.25, 0.3) is 0 Å². The molecule has 11 heavy (non-hydrogen) atoms. The Morgan fingerprint density at radius 3 is 2.64 bits per heavy atom. The third kappa shape index (κ3) is 6.84. The molecule has 0 bridgehead atoms. The smallest absolute Gasteiger partial charge is 0.330 e. The Hall–Kier alpha value is -1.05. The van der Waals surface area contributed by atoms with Crippen molar-refractivity contribution in [3.8, 4) is 0 Å². The van der Waals surface area contributed by atoms with E-state index < -0.39 is 0 Å². The van der Waals surface area contributed by atoms with E-state index in [1.807, 2.05) is 19.1 Å². The number of carbonyl (C=O) groups is 1. The van der Waals surface area contributed by atoms with E-state index in [0.29, 0.717) is 6.61 Å². The van der Waals surface area contributed by atoms with Crippen molar-refractivity contribution in [3.63, 3.8) is 0 Å². The first-order valence-electron chi connectivity index (χ1n) is 3.81. The Morgan fingerprint density at radius 2 is 2.09 bits per heavy atom. The lowest BCUT2D eigenvalue weighted by Crippen LogP contribution is -1.98. The third-order valence-electron chi connectivity index (χ3n) is 1.00. The Labute approximate surface area is 67.6 Å². The highest BCUT2D eigenvalue weighted by atomic mass is 16.5. The van der Waals surface area contributed by atoms with Crippen molar-refractivity contribution < 1.29 is 9.53 Å². The highest BCUT2D eigenvalue weighted by Crippen LogP contribution is 1.84. The van der Waals surface area contributed by atoms with Crippen LogP contribution in [0.15, 0.2) is 24.3 Å². The first-order valence-corrected chi connectivity index (χ1v) is 3.81. The van der Waals surface area contributed by atoms with Crippen molar-refractivity contribution in [2.45, 2.75) is 20.3 Å². The molecule has 0 rings (SSSR count). The lowest BCUT2D eigenvalue weighted by Gasteiger charge is -1.92. The van der Waals surface area contributed by atoms with Gasteiger partial charge in [-0.25, -0.2) is 4.79 Å². The number of hydrogen-bond donors (Lipinski definition) is 0. The molecule has 0 N–H and O–H groups in total. The summed E-state index contributed by atoms with van der Waals surface area (Å²) >= 11 is 0. The molecule has 0 heterocycles. The minimum atomic E-state index is -0.284. The maximum absolute atomic E-state index is 10.7. The lowest BCUT2D eigenvalue weighted by molar-refractivity contribution is -0.137. The van der Waals surface area contributed by atoms with Crippen molar-refractivity contribution in [2.24, 2.45) is 0 Å². The topological polar surface area (TPSA) is 26.3 Å². The monoisotopic (exact) mass is 154 g/mol. The molecule has 0 aromatic rings. The van der Waals surface area contributed by atoms with Crippen LogP contribution in [-0.4, -0.2) is 12.6 Å². The molecule has 0 aliphatic heterocycles. The summed E-state index contributed by atoms with van der Waals surface area (Å²) in [5, 5.41) is 0. The highest BCUT2D eigenvalue weighted by molar-refractivity contribution is 5.82. The van der Waals surface area contributed by atoms with E-state index >= 15 is 0 Å². The van der Waals surface area contributed by atoms with Gasteiger partial charge in [-0.2, -0.15) is 0 Å².